The number of alkyl halides is 3. The highest BCUT2D eigenvalue weighted by atomic mass is 32.2. The number of aromatic nitrogens is 2. The van der Waals surface area contributed by atoms with E-state index in [1.165, 1.54) is 23.5 Å². The summed E-state index contributed by atoms with van der Waals surface area (Å²) in [5.41, 5.74) is -2.17. The quantitative estimate of drug-likeness (QED) is 0.533. The molecule has 0 radical (unpaired) electrons. The monoisotopic (exact) mass is 441 g/mol. The molecule has 0 unspecified atom stereocenters. The van der Waals surface area contributed by atoms with Gasteiger partial charge in [-0.1, -0.05) is 25.5 Å². The van der Waals surface area contributed by atoms with Gasteiger partial charge in [-0.05, 0) is 30.7 Å². The molecule has 0 aliphatic rings. The van der Waals surface area contributed by atoms with Crippen molar-refractivity contribution in [3.05, 3.63) is 53.7 Å². The number of hydrogen-bond donors (Lipinski definition) is 0. The van der Waals surface area contributed by atoms with Crippen LogP contribution in [-0.2, 0) is 16.4 Å². The third-order valence-corrected chi connectivity index (χ3v) is 6.66. The van der Waals surface area contributed by atoms with E-state index >= 15 is 0 Å². The third-order valence-electron chi connectivity index (χ3n) is 4.25. The van der Waals surface area contributed by atoms with Crippen molar-refractivity contribution in [2.75, 3.05) is 11.4 Å². The average Bonchev–Trinajstić information content (AvgIpc) is 3.17. The van der Waals surface area contributed by atoms with Gasteiger partial charge in [0.2, 0.25) is 0 Å². The molecule has 0 saturated carbocycles. The molecule has 2 aromatic heterocycles. The lowest BCUT2D eigenvalue weighted by atomic mass is 10.1. The van der Waals surface area contributed by atoms with Crippen LogP contribution in [0.4, 0.5) is 18.9 Å². The van der Waals surface area contributed by atoms with Crippen molar-refractivity contribution >= 4 is 27.0 Å². The van der Waals surface area contributed by atoms with Gasteiger partial charge in [-0.15, -0.1) is 11.3 Å². The molecular formula is C19H18F3N3O2S2. The number of rotatable bonds is 6. The largest absolute Gasteiger partial charge is 0.516 e. The van der Waals surface area contributed by atoms with E-state index in [2.05, 4.69) is 16.9 Å². The molecule has 3 aromatic rings. The van der Waals surface area contributed by atoms with Crippen LogP contribution in [0.1, 0.15) is 19.0 Å². The number of aryl methyl sites for hydroxylation is 1. The second-order valence-corrected chi connectivity index (χ2v) is 9.11. The molecule has 0 aliphatic heterocycles. The minimum absolute atomic E-state index is 0.0835. The van der Waals surface area contributed by atoms with E-state index in [-0.39, 0.29) is 9.99 Å². The fourth-order valence-electron chi connectivity index (χ4n) is 2.68. The molecule has 1 aromatic carbocycles. The zero-order valence-electron chi connectivity index (χ0n) is 15.6. The SMILES string of the molecule is CCCc1cc(-c2nc(-c3ccc(N(C)S(=O)(=O)C(F)(F)F)cc3)cs2)ccn1. The number of pyridine rings is 1. The minimum atomic E-state index is -5.43. The molecule has 0 bridgehead atoms. The minimum Gasteiger partial charge on any atom is -0.266 e. The van der Waals surface area contributed by atoms with Gasteiger partial charge in [0, 0.05) is 35.4 Å². The molecule has 0 amide bonds. The van der Waals surface area contributed by atoms with Crippen LogP contribution in [-0.4, -0.2) is 30.9 Å². The van der Waals surface area contributed by atoms with Crippen LogP contribution in [0.2, 0.25) is 0 Å². The number of benzene rings is 1. The Balaban J connectivity index is 1.84. The second kappa shape index (κ2) is 8.11. The van der Waals surface area contributed by atoms with E-state index in [9.17, 15) is 21.6 Å². The Hall–Kier alpha value is -2.46. The van der Waals surface area contributed by atoms with Crippen molar-refractivity contribution < 1.29 is 21.6 Å². The highest BCUT2D eigenvalue weighted by molar-refractivity contribution is 7.93. The van der Waals surface area contributed by atoms with Gasteiger partial charge >= 0.3 is 15.5 Å². The summed E-state index contributed by atoms with van der Waals surface area (Å²) in [5, 5.41) is 2.65. The molecule has 0 aliphatic carbocycles. The highest BCUT2D eigenvalue weighted by Gasteiger charge is 2.49. The van der Waals surface area contributed by atoms with Crippen LogP contribution in [0, 0.1) is 0 Å². The maximum absolute atomic E-state index is 12.7. The molecule has 10 heteroatoms. The molecule has 0 N–H and O–H groups in total. The lowest BCUT2D eigenvalue weighted by Crippen LogP contribution is -2.38. The number of sulfonamides is 1. The smallest absolute Gasteiger partial charge is 0.266 e. The van der Waals surface area contributed by atoms with Crippen molar-refractivity contribution in [3.8, 4) is 21.8 Å². The first-order valence-electron chi connectivity index (χ1n) is 8.70. The van der Waals surface area contributed by atoms with Crippen molar-refractivity contribution in [2.45, 2.75) is 25.3 Å². The summed E-state index contributed by atoms with van der Waals surface area (Å²) >= 11 is 1.45. The predicted octanol–water partition coefficient (Wildman–Crippen LogP) is 5.11. The summed E-state index contributed by atoms with van der Waals surface area (Å²) in [6.07, 6.45) is 3.61. The summed E-state index contributed by atoms with van der Waals surface area (Å²) < 4.78 is 61.4. The van der Waals surface area contributed by atoms with E-state index in [1.807, 2.05) is 17.5 Å². The van der Waals surface area contributed by atoms with E-state index in [4.69, 9.17) is 0 Å². The van der Waals surface area contributed by atoms with Crippen molar-refractivity contribution in [1.82, 2.24) is 9.97 Å². The molecule has 0 atom stereocenters. The van der Waals surface area contributed by atoms with Gasteiger partial charge in [0.1, 0.15) is 5.01 Å². The maximum atomic E-state index is 12.7. The Bertz CT molecular complexity index is 1090. The summed E-state index contributed by atoms with van der Waals surface area (Å²) in [7, 11) is -4.56. The topological polar surface area (TPSA) is 63.2 Å². The maximum Gasteiger partial charge on any atom is 0.516 e. The molecule has 0 spiro atoms. The fraction of sp³-hybridized carbons (Fsp3) is 0.263. The standard InChI is InChI=1S/C19H18F3N3O2S2/c1-3-4-15-11-14(9-10-23-15)18-24-17(12-28-18)13-5-7-16(8-6-13)25(2)29(26,27)19(20,21)22/h5-12H,3-4H2,1-2H3. The highest BCUT2D eigenvalue weighted by Crippen LogP contribution is 2.32. The molecular weight excluding hydrogens is 423 g/mol. The molecule has 154 valence electrons. The van der Waals surface area contributed by atoms with Crippen LogP contribution in [0.25, 0.3) is 21.8 Å². The fourth-order valence-corrected chi connectivity index (χ4v) is 4.22. The normalized spacial score (nSPS) is 12.2. The van der Waals surface area contributed by atoms with Crippen LogP contribution in [0.5, 0.6) is 0 Å². The van der Waals surface area contributed by atoms with Crippen molar-refractivity contribution in [1.29, 1.82) is 0 Å². The van der Waals surface area contributed by atoms with Gasteiger partial charge in [-0.3, -0.25) is 9.29 Å². The van der Waals surface area contributed by atoms with Gasteiger partial charge in [-0.2, -0.15) is 21.6 Å². The van der Waals surface area contributed by atoms with Crippen LogP contribution in [0.3, 0.4) is 0 Å². The number of thiazole rings is 1. The summed E-state index contributed by atoms with van der Waals surface area (Å²) in [5.74, 6) is 0. The Labute approximate surface area is 170 Å². The first-order chi connectivity index (χ1) is 13.6. The van der Waals surface area contributed by atoms with E-state index in [0.29, 0.717) is 11.3 Å². The average molecular weight is 442 g/mol. The Morgan fingerprint density at radius 3 is 2.41 bits per heavy atom. The van der Waals surface area contributed by atoms with Gasteiger partial charge < -0.3 is 0 Å². The molecule has 0 saturated heterocycles. The summed E-state index contributed by atoms with van der Waals surface area (Å²) in [4.78, 5) is 8.92. The van der Waals surface area contributed by atoms with Gasteiger partial charge in [0.05, 0.1) is 11.4 Å². The number of anilines is 1. The van der Waals surface area contributed by atoms with Crippen molar-refractivity contribution in [3.63, 3.8) is 0 Å². The van der Waals surface area contributed by atoms with Gasteiger partial charge in [0.15, 0.2) is 0 Å². The van der Waals surface area contributed by atoms with Crippen LogP contribution in [0.15, 0.2) is 48.0 Å². The first-order valence-corrected chi connectivity index (χ1v) is 11.0. The first kappa shape index (κ1) is 21.3. The summed E-state index contributed by atoms with van der Waals surface area (Å²) in [6.45, 7) is 2.08. The van der Waals surface area contributed by atoms with Crippen LogP contribution >= 0.6 is 11.3 Å². The Morgan fingerprint density at radius 1 is 1.10 bits per heavy atom. The summed E-state index contributed by atoms with van der Waals surface area (Å²) in [6, 6.07) is 9.61. The third kappa shape index (κ3) is 4.43. The Morgan fingerprint density at radius 2 is 1.79 bits per heavy atom. The molecule has 29 heavy (non-hydrogen) atoms. The predicted molar refractivity (Wildman–Crippen MR) is 108 cm³/mol. The lowest BCUT2D eigenvalue weighted by molar-refractivity contribution is -0.0437. The van der Waals surface area contributed by atoms with Gasteiger partial charge in [-0.25, -0.2) is 4.98 Å². The zero-order valence-corrected chi connectivity index (χ0v) is 17.3. The molecule has 2 heterocycles. The number of halogens is 3. The number of nitrogens with zero attached hydrogens (tertiary/aromatic N) is 3. The van der Waals surface area contributed by atoms with Crippen molar-refractivity contribution in [2.24, 2.45) is 0 Å². The Kier molecular flexibility index (Phi) is 5.95. The molecule has 0 fully saturated rings. The lowest BCUT2D eigenvalue weighted by Gasteiger charge is -2.20. The second-order valence-electron chi connectivity index (χ2n) is 6.29. The number of hydrogen-bond acceptors (Lipinski definition) is 5. The van der Waals surface area contributed by atoms with E-state index < -0.39 is 15.5 Å². The molecule has 3 rings (SSSR count). The molecule has 5 nitrogen and oxygen atoms in total. The van der Waals surface area contributed by atoms with E-state index in [1.54, 1.807) is 18.3 Å². The zero-order chi connectivity index (χ0) is 21.2. The van der Waals surface area contributed by atoms with E-state index in [0.717, 1.165) is 36.2 Å². The van der Waals surface area contributed by atoms with Gasteiger partial charge in [0.25, 0.3) is 0 Å². The van der Waals surface area contributed by atoms with Crippen LogP contribution < -0.4 is 4.31 Å².